The first-order chi connectivity index (χ1) is 15.2. The fourth-order valence-corrected chi connectivity index (χ4v) is 3.30. The Bertz CT molecular complexity index is 1030. The van der Waals surface area contributed by atoms with Gasteiger partial charge in [-0.15, -0.1) is 5.10 Å². The number of nitrogen functional groups attached to an aromatic ring is 1. The highest BCUT2D eigenvalue weighted by molar-refractivity contribution is 5.73. The highest BCUT2D eigenvalue weighted by atomic mass is 19.4. The van der Waals surface area contributed by atoms with Crippen molar-refractivity contribution in [1.82, 2.24) is 24.6 Å². The first kappa shape index (κ1) is 23.2. The van der Waals surface area contributed by atoms with Crippen molar-refractivity contribution in [3.63, 3.8) is 0 Å². The van der Waals surface area contributed by atoms with Gasteiger partial charge in [0.15, 0.2) is 5.76 Å². The van der Waals surface area contributed by atoms with Crippen molar-refractivity contribution >= 4 is 23.6 Å². The first-order valence-electron chi connectivity index (χ1n) is 9.85. The average molecular weight is 456 g/mol. The molecule has 1 aliphatic rings. The Balaban J connectivity index is 0.000000360. The van der Waals surface area contributed by atoms with Crippen molar-refractivity contribution in [3.8, 4) is 11.6 Å². The molecular formula is C18H23F3N8O3. The van der Waals surface area contributed by atoms with Crippen LogP contribution in [0.1, 0.15) is 25.7 Å². The summed E-state index contributed by atoms with van der Waals surface area (Å²) in [4.78, 5) is 21.9. The van der Waals surface area contributed by atoms with E-state index in [0.29, 0.717) is 35.1 Å². The van der Waals surface area contributed by atoms with Crippen LogP contribution in [0.4, 0.5) is 25.1 Å². The molecule has 0 aliphatic heterocycles. The standard InChI is InChI=1S/C16H22N8O.C2HF3O2/c17-8-10-3-5-11(6-4-10)9-19-15-21-14(18)24-16(22-15)20-13(23-24)12-2-1-7-25-12;3-2(4,5)1(6)7/h1-2,7,10-11H,3-6,8-9,17H2,(H3,18,19,20,21,22,23);(H,6,7). The Morgan fingerprint density at radius 3 is 2.44 bits per heavy atom. The minimum absolute atomic E-state index is 0.240. The zero-order valence-corrected chi connectivity index (χ0v) is 16.9. The summed E-state index contributed by atoms with van der Waals surface area (Å²) in [6.07, 6.45) is 1.24. The molecule has 4 rings (SSSR count). The lowest BCUT2D eigenvalue weighted by Gasteiger charge is -2.27. The van der Waals surface area contributed by atoms with Crippen LogP contribution in [0.3, 0.4) is 0 Å². The summed E-state index contributed by atoms with van der Waals surface area (Å²) in [5.74, 6) is 0.643. The molecule has 0 radical (unpaired) electrons. The van der Waals surface area contributed by atoms with Gasteiger partial charge in [0.2, 0.25) is 17.7 Å². The molecule has 1 saturated carbocycles. The van der Waals surface area contributed by atoms with Crippen molar-refractivity contribution in [3.05, 3.63) is 18.4 Å². The molecule has 3 aromatic heterocycles. The van der Waals surface area contributed by atoms with E-state index in [-0.39, 0.29) is 5.95 Å². The third kappa shape index (κ3) is 5.84. The summed E-state index contributed by atoms with van der Waals surface area (Å²) >= 11 is 0. The van der Waals surface area contributed by atoms with Crippen LogP contribution in [0, 0.1) is 11.8 Å². The molecule has 0 spiro atoms. The molecule has 14 heteroatoms. The molecule has 0 aromatic carbocycles. The second kappa shape index (κ2) is 9.80. The fourth-order valence-electron chi connectivity index (χ4n) is 3.30. The molecule has 1 fully saturated rings. The van der Waals surface area contributed by atoms with Gasteiger partial charge in [0, 0.05) is 6.54 Å². The Hall–Kier alpha value is -3.42. The van der Waals surface area contributed by atoms with Gasteiger partial charge in [-0.25, -0.2) is 4.79 Å². The molecule has 3 heterocycles. The SMILES string of the molecule is NCC1CCC(CNc2nc(N)n3nc(-c4ccco4)nc3n2)CC1.O=C(O)C(F)(F)F. The molecule has 0 atom stereocenters. The van der Waals surface area contributed by atoms with Gasteiger partial charge in [-0.3, -0.25) is 0 Å². The molecule has 11 nitrogen and oxygen atoms in total. The molecule has 32 heavy (non-hydrogen) atoms. The van der Waals surface area contributed by atoms with E-state index < -0.39 is 12.1 Å². The summed E-state index contributed by atoms with van der Waals surface area (Å²) in [5.41, 5.74) is 11.7. The van der Waals surface area contributed by atoms with Crippen molar-refractivity contribution in [1.29, 1.82) is 0 Å². The normalized spacial score (nSPS) is 18.8. The van der Waals surface area contributed by atoms with Gasteiger partial charge in [0.1, 0.15) is 0 Å². The zero-order valence-electron chi connectivity index (χ0n) is 16.9. The lowest BCUT2D eigenvalue weighted by Crippen LogP contribution is -2.25. The molecular weight excluding hydrogens is 433 g/mol. The number of carboxylic acid groups (broad SMARTS) is 1. The molecule has 3 aromatic rings. The van der Waals surface area contributed by atoms with E-state index in [9.17, 15) is 13.2 Å². The van der Waals surface area contributed by atoms with Gasteiger partial charge < -0.3 is 26.3 Å². The number of anilines is 2. The summed E-state index contributed by atoms with van der Waals surface area (Å²) in [7, 11) is 0. The van der Waals surface area contributed by atoms with E-state index >= 15 is 0 Å². The maximum absolute atomic E-state index is 10.6. The van der Waals surface area contributed by atoms with E-state index in [4.69, 9.17) is 25.8 Å². The van der Waals surface area contributed by atoms with Crippen molar-refractivity contribution < 1.29 is 27.5 Å². The molecule has 6 N–H and O–H groups in total. The molecule has 174 valence electrons. The molecule has 0 amide bonds. The Kier molecular flexibility index (Phi) is 7.12. The van der Waals surface area contributed by atoms with E-state index in [0.717, 1.165) is 13.1 Å². The molecule has 0 saturated heterocycles. The van der Waals surface area contributed by atoms with Gasteiger partial charge in [-0.05, 0) is 56.2 Å². The number of alkyl halides is 3. The average Bonchev–Trinajstić information content (AvgIpc) is 3.42. The monoisotopic (exact) mass is 456 g/mol. The number of fused-ring (bicyclic) bond motifs is 1. The summed E-state index contributed by atoms with van der Waals surface area (Å²) in [5, 5.41) is 14.7. The maximum Gasteiger partial charge on any atom is 0.490 e. The van der Waals surface area contributed by atoms with Gasteiger partial charge in [0.05, 0.1) is 6.26 Å². The third-order valence-electron chi connectivity index (χ3n) is 5.07. The highest BCUT2D eigenvalue weighted by Gasteiger charge is 2.38. The van der Waals surface area contributed by atoms with E-state index in [2.05, 4.69) is 25.4 Å². The van der Waals surface area contributed by atoms with Crippen molar-refractivity contribution in [2.75, 3.05) is 24.1 Å². The highest BCUT2D eigenvalue weighted by Crippen LogP contribution is 2.28. The van der Waals surface area contributed by atoms with Crippen LogP contribution in [0.15, 0.2) is 22.8 Å². The number of carboxylic acids is 1. The van der Waals surface area contributed by atoms with Crippen LogP contribution in [0.25, 0.3) is 17.4 Å². The topological polar surface area (TPSA) is 170 Å². The lowest BCUT2D eigenvalue weighted by atomic mass is 9.82. The van der Waals surface area contributed by atoms with Gasteiger partial charge in [0.25, 0.3) is 5.78 Å². The first-order valence-corrected chi connectivity index (χ1v) is 9.85. The van der Waals surface area contributed by atoms with Crippen LogP contribution in [0.2, 0.25) is 0 Å². The second-order valence-electron chi connectivity index (χ2n) is 7.34. The smallest absolute Gasteiger partial charge is 0.475 e. The quantitative estimate of drug-likeness (QED) is 0.446. The summed E-state index contributed by atoms with van der Waals surface area (Å²) in [6, 6.07) is 3.57. The van der Waals surface area contributed by atoms with Crippen LogP contribution in [-0.4, -0.2) is 54.9 Å². The number of furan rings is 1. The number of nitrogens with two attached hydrogens (primary N) is 2. The number of hydrogen-bond acceptors (Lipinski definition) is 9. The number of rotatable bonds is 5. The van der Waals surface area contributed by atoms with E-state index in [1.807, 2.05) is 0 Å². The third-order valence-corrected chi connectivity index (χ3v) is 5.07. The molecule has 0 bridgehead atoms. The maximum atomic E-state index is 10.6. The van der Waals surface area contributed by atoms with Crippen LogP contribution in [-0.2, 0) is 4.79 Å². The summed E-state index contributed by atoms with van der Waals surface area (Å²) in [6.45, 7) is 1.62. The number of aromatic nitrogens is 5. The van der Waals surface area contributed by atoms with Crippen LogP contribution >= 0.6 is 0 Å². The zero-order chi connectivity index (χ0) is 23.3. The Morgan fingerprint density at radius 2 is 1.88 bits per heavy atom. The van der Waals surface area contributed by atoms with Crippen molar-refractivity contribution in [2.45, 2.75) is 31.9 Å². The summed E-state index contributed by atoms with van der Waals surface area (Å²) < 4.78 is 38.5. The predicted molar refractivity (Wildman–Crippen MR) is 107 cm³/mol. The van der Waals surface area contributed by atoms with Gasteiger partial charge in [-0.2, -0.15) is 32.6 Å². The number of halogens is 3. The van der Waals surface area contributed by atoms with Crippen molar-refractivity contribution in [2.24, 2.45) is 17.6 Å². The van der Waals surface area contributed by atoms with Crippen LogP contribution in [0.5, 0.6) is 0 Å². The molecule has 1 aliphatic carbocycles. The number of carbonyl (C=O) groups is 1. The lowest BCUT2D eigenvalue weighted by molar-refractivity contribution is -0.192. The minimum atomic E-state index is -5.08. The largest absolute Gasteiger partial charge is 0.490 e. The fraction of sp³-hybridized carbons (Fsp3) is 0.500. The number of aliphatic carboxylic acids is 1. The minimum Gasteiger partial charge on any atom is -0.475 e. The van der Waals surface area contributed by atoms with Gasteiger partial charge in [-0.1, -0.05) is 0 Å². The number of nitrogens with zero attached hydrogens (tertiary/aromatic N) is 5. The van der Waals surface area contributed by atoms with Crippen LogP contribution < -0.4 is 16.8 Å². The van der Waals surface area contributed by atoms with E-state index in [1.54, 1.807) is 18.4 Å². The Morgan fingerprint density at radius 1 is 1.22 bits per heavy atom. The molecule has 0 unspecified atom stereocenters. The van der Waals surface area contributed by atoms with Gasteiger partial charge >= 0.3 is 12.1 Å². The number of nitrogens with one attached hydrogen (secondary N) is 1. The van der Waals surface area contributed by atoms with E-state index in [1.165, 1.54) is 30.2 Å². The predicted octanol–water partition coefficient (Wildman–Crippen LogP) is 2.17. The second-order valence-corrected chi connectivity index (χ2v) is 7.34. The number of hydrogen-bond donors (Lipinski definition) is 4. The Labute approximate surface area is 180 Å².